The average Bonchev–Trinajstić information content (AvgIpc) is 3.31. The molecule has 2 aliphatic rings. The highest BCUT2D eigenvalue weighted by atomic mass is 32.2. The predicted molar refractivity (Wildman–Crippen MR) is 144 cm³/mol. The zero-order valence-corrected chi connectivity index (χ0v) is 24.3. The minimum absolute atomic E-state index is 0.0418. The van der Waals surface area contributed by atoms with Gasteiger partial charge >= 0.3 is 0 Å². The highest BCUT2D eigenvalue weighted by molar-refractivity contribution is 7.85. The van der Waals surface area contributed by atoms with E-state index in [-0.39, 0.29) is 29.5 Å². The van der Waals surface area contributed by atoms with E-state index >= 15 is 0 Å². The maximum atomic E-state index is 14.0. The second-order valence-electron chi connectivity index (χ2n) is 11.9. The normalized spacial score (nSPS) is 19.5. The molecule has 0 bridgehead atoms. The molecule has 1 fully saturated rings. The van der Waals surface area contributed by atoms with Crippen molar-refractivity contribution in [2.24, 2.45) is 0 Å². The number of rotatable bonds is 7. The maximum absolute atomic E-state index is 14.0. The first-order valence-corrected chi connectivity index (χ1v) is 17.8. The van der Waals surface area contributed by atoms with Crippen LogP contribution in [0.3, 0.4) is 0 Å². The largest absolute Gasteiger partial charge is 0.410 e. The molecule has 1 aromatic carbocycles. The van der Waals surface area contributed by atoms with E-state index in [1.807, 2.05) is 0 Å². The molecule has 4 rings (SSSR count). The zero-order valence-electron chi connectivity index (χ0n) is 22.5. The number of pyridine rings is 1. The number of benzene rings is 1. The summed E-state index contributed by atoms with van der Waals surface area (Å²) < 4.78 is 50.5. The summed E-state index contributed by atoms with van der Waals surface area (Å²) in [4.78, 5) is 5.23. The molecular formula is C28H40FNO4SSi. The third-order valence-electron chi connectivity index (χ3n) is 8.18. The molecule has 0 aliphatic heterocycles. The Hall–Kier alpha value is -1.61. The Kier molecular flexibility index (Phi) is 7.83. The van der Waals surface area contributed by atoms with Crippen LogP contribution in [0.1, 0.15) is 93.8 Å². The molecule has 1 heterocycles. The van der Waals surface area contributed by atoms with Gasteiger partial charge in [0.15, 0.2) is 8.32 Å². The van der Waals surface area contributed by atoms with Crippen molar-refractivity contribution in [1.29, 1.82) is 0 Å². The molecular weight excluding hydrogens is 493 g/mol. The van der Waals surface area contributed by atoms with Gasteiger partial charge in [-0.15, -0.1) is 0 Å². The molecule has 2 aliphatic carbocycles. The van der Waals surface area contributed by atoms with Crippen molar-refractivity contribution in [3.8, 4) is 11.1 Å². The third-order valence-corrected chi connectivity index (χ3v) is 13.2. The van der Waals surface area contributed by atoms with E-state index in [0.717, 1.165) is 84.8 Å². The number of aryl methyl sites for hydroxylation is 1. The van der Waals surface area contributed by atoms with Gasteiger partial charge in [-0.25, -0.2) is 4.39 Å². The van der Waals surface area contributed by atoms with Gasteiger partial charge < -0.3 is 4.43 Å². The Balaban J connectivity index is 1.96. The van der Waals surface area contributed by atoms with E-state index in [0.29, 0.717) is 0 Å². The molecule has 1 saturated carbocycles. The van der Waals surface area contributed by atoms with Crippen molar-refractivity contribution in [3.63, 3.8) is 0 Å². The van der Waals surface area contributed by atoms with Crippen LogP contribution in [0.2, 0.25) is 18.1 Å². The summed E-state index contributed by atoms with van der Waals surface area (Å²) in [5, 5.41) is 0.0418. The lowest BCUT2D eigenvalue weighted by molar-refractivity contribution is 0.162. The van der Waals surface area contributed by atoms with Crippen molar-refractivity contribution in [3.05, 3.63) is 52.6 Å². The predicted octanol–water partition coefficient (Wildman–Crippen LogP) is 7.42. The first-order valence-electron chi connectivity index (χ1n) is 13.1. The van der Waals surface area contributed by atoms with Crippen molar-refractivity contribution in [2.75, 3.05) is 6.26 Å². The SMILES string of the molecule is CC(C)(C)[Si](C)(C)OC1CCCc2nc(C3CCCC3)c(COS(C)(=O)=O)c(-c3ccc(F)cc3)c21. The summed E-state index contributed by atoms with van der Waals surface area (Å²) in [6.07, 6.45) is 8.00. The number of nitrogens with zero attached hydrogens (tertiary/aromatic N) is 1. The highest BCUT2D eigenvalue weighted by Crippen LogP contribution is 2.48. The fourth-order valence-corrected chi connectivity index (χ4v) is 6.92. The van der Waals surface area contributed by atoms with Gasteiger partial charge in [0.25, 0.3) is 10.1 Å². The fourth-order valence-electron chi connectivity index (χ4n) is 5.29. The summed E-state index contributed by atoms with van der Waals surface area (Å²) >= 11 is 0. The summed E-state index contributed by atoms with van der Waals surface area (Å²) in [5.41, 5.74) is 5.60. The van der Waals surface area contributed by atoms with Crippen molar-refractivity contribution >= 4 is 18.4 Å². The lowest BCUT2D eigenvalue weighted by Gasteiger charge is -2.41. The zero-order chi connectivity index (χ0) is 26.3. The third kappa shape index (κ3) is 5.92. The van der Waals surface area contributed by atoms with Gasteiger partial charge in [0.1, 0.15) is 5.82 Å². The minimum atomic E-state index is -3.66. The maximum Gasteiger partial charge on any atom is 0.264 e. The van der Waals surface area contributed by atoms with Gasteiger partial charge in [0.05, 0.1) is 19.0 Å². The smallest absolute Gasteiger partial charge is 0.264 e. The van der Waals surface area contributed by atoms with E-state index in [1.54, 1.807) is 12.1 Å². The van der Waals surface area contributed by atoms with Gasteiger partial charge in [-0.05, 0) is 73.5 Å². The number of fused-ring (bicyclic) bond motifs is 1. The monoisotopic (exact) mass is 533 g/mol. The van der Waals surface area contributed by atoms with E-state index in [1.165, 1.54) is 12.1 Å². The van der Waals surface area contributed by atoms with Crippen LogP contribution >= 0.6 is 0 Å². The van der Waals surface area contributed by atoms with Crippen LogP contribution in [0.15, 0.2) is 24.3 Å². The lowest BCUT2D eigenvalue weighted by Crippen LogP contribution is -2.42. The number of aromatic nitrogens is 1. The van der Waals surface area contributed by atoms with Gasteiger partial charge in [-0.1, -0.05) is 45.7 Å². The van der Waals surface area contributed by atoms with Crippen LogP contribution in [0.4, 0.5) is 4.39 Å². The molecule has 198 valence electrons. The van der Waals surface area contributed by atoms with E-state index in [2.05, 4.69) is 33.9 Å². The Morgan fingerprint density at radius 1 is 1.06 bits per heavy atom. The van der Waals surface area contributed by atoms with Crippen molar-refractivity contribution in [2.45, 2.75) is 102 Å². The molecule has 1 unspecified atom stereocenters. The topological polar surface area (TPSA) is 65.5 Å². The Labute approximate surface area is 217 Å². The molecule has 0 amide bonds. The molecule has 36 heavy (non-hydrogen) atoms. The molecule has 0 saturated heterocycles. The average molecular weight is 534 g/mol. The first kappa shape index (κ1) is 27.4. The molecule has 5 nitrogen and oxygen atoms in total. The van der Waals surface area contributed by atoms with Gasteiger partial charge in [-0.3, -0.25) is 9.17 Å². The number of hydrogen-bond donors (Lipinski definition) is 0. The molecule has 2 aromatic rings. The second kappa shape index (κ2) is 10.3. The summed E-state index contributed by atoms with van der Waals surface area (Å²) in [7, 11) is -5.78. The standard InChI is InChI=1S/C28H40FNO4SSi/c1-28(2,3)36(5,6)34-24-13-9-12-23-26(24)25(19-14-16-21(29)17-15-19)22(18-33-35(4,31)32)27(30-23)20-10-7-8-11-20/h14-17,20,24H,7-13,18H2,1-6H3. The van der Waals surface area contributed by atoms with E-state index in [4.69, 9.17) is 13.6 Å². The van der Waals surface area contributed by atoms with Gasteiger partial charge in [-0.2, -0.15) is 8.42 Å². The molecule has 1 aromatic heterocycles. The van der Waals surface area contributed by atoms with Gasteiger partial charge in [0.2, 0.25) is 0 Å². The summed E-state index contributed by atoms with van der Waals surface area (Å²) in [6.45, 7) is 11.1. The van der Waals surface area contributed by atoms with E-state index < -0.39 is 18.4 Å². The molecule has 1 atom stereocenters. The molecule has 8 heteroatoms. The minimum Gasteiger partial charge on any atom is -0.410 e. The van der Waals surface area contributed by atoms with Crippen molar-refractivity contribution < 1.29 is 21.4 Å². The van der Waals surface area contributed by atoms with Crippen molar-refractivity contribution in [1.82, 2.24) is 4.98 Å². The van der Waals surface area contributed by atoms with E-state index in [9.17, 15) is 12.8 Å². The van der Waals surface area contributed by atoms with Crippen LogP contribution in [0.5, 0.6) is 0 Å². The Morgan fingerprint density at radius 3 is 2.28 bits per heavy atom. The number of hydrogen-bond acceptors (Lipinski definition) is 5. The van der Waals surface area contributed by atoms with Crippen LogP contribution in [-0.4, -0.2) is 28.0 Å². The Morgan fingerprint density at radius 2 is 1.69 bits per heavy atom. The molecule has 0 N–H and O–H groups in total. The Bertz CT molecular complexity index is 1200. The van der Waals surface area contributed by atoms with Crippen LogP contribution < -0.4 is 0 Å². The first-order chi connectivity index (χ1) is 16.8. The van der Waals surface area contributed by atoms with Crippen LogP contribution in [0.25, 0.3) is 11.1 Å². The lowest BCUT2D eigenvalue weighted by atomic mass is 9.82. The fraction of sp³-hybridized carbons (Fsp3) is 0.607. The van der Waals surface area contributed by atoms with Crippen LogP contribution in [-0.2, 0) is 31.8 Å². The second-order valence-corrected chi connectivity index (χ2v) is 18.3. The summed E-state index contributed by atoms with van der Waals surface area (Å²) in [5.74, 6) is -0.0324. The molecule has 0 spiro atoms. The quantitative estimate of drug-likeness (QED) is 0.274. The van der Waals surface area contributed by atoms with Gasteiger partial charge in [0, 0.05) is 28.4 Å². The number of halogens is 1. The highest BCUT2D eigenvalue weighted by Gasteiger charge is 2.42. The molecule has 0 radical (unpaired) electrons. The van der Waals surface area contributed by atoms with Crippen LogP contribution in [0, 0.1) is 5.82 Å². The summed E-state index contributed by atoms with van der Waals surface area (Å²) in [6, 6.07) is 6.49.